The Morgan fingerprint density at radius 3 is 2.82 bits per heavy atom. The maximum Gasteiger partial charge on any atom is 0.377 e. The number of ether oxygens (including phenoxy) is 1. The number of nitrogens with one attached hydrogen (secondary N) is 1. The first-order valence-corrected chi connectivity index (χ1v) is 6.67. The van der Waals surface area contributed by atoms with E-state index in [0.717, 1.165) is 0 Å². The third-order valence-corrected chi connectivity index (χ3v) is 3.30. The van der Waals surface area contributed by atoms with Crippen molar-refractivity contribution in [1.82, 2.24) is 5.32 Å². The second-order valence-corrected chi connectivity index (χ2v) is 5.36. The number of alkyl halides is 2. The molecule has 0 spiro atoms. The van der Waals surface area contributed by atoms with Crippen molar-refractivity contribution >= 4 is 17.7 Å². The highest BCUT2D eigenvalue weighted by Crippen LogP contribution is 2.30. The first-order chi connectivity index (χ1) is 7.77. The van der Waals surface area contributed by atoms with Crippen LogP contribution in [0.15, 0.2) is 0 Å². The van der Waals surface area contributed by atoms with Crippen LogP contribution >= 0.6 is 11.8 Å². The lowest BCUT2D eigenvalue weighted by atomic mass is 10.1. The lowest BCUT2D eigenvalue weighted by molar-refractivity contribution is -0.159. The molecule has 0 aliphatic carbocycles. The molecule has 2 unspecified atom stereocenters. The molecule has 1 rings (SSSR count). The summed E-state index contributed by atoms with van der Waals surface area (Å²) in [6.45, 7) is 2.06. The molecule has 1 fully saturated rings. The molecule has 0 aromatic rings. The molecule has 0 aromatic heterocycles. The Morgan fingerprint density at radius 1 is 1.71 bits per heavy atom. The third kappa shape index (κ3) is 4.40. The van der Waals surface area contributed by atoms with Crippen molar-refractivity contribution in [3.63, 3.8) is 0 Å². The Hall–Kier alpha value is -0.400. The number of hydrogen-bond donors (Lipinski definition) is 2. The Morgan fingerprint density at radius 2 is 2.35 bits per heavy atom. The Bertz CT molecular complexity index is 287. The summed E-state index contributed by atoms with van der Waals surface area (Å²) >= 11 is 1.50. The van der Waals surface area contributed by atoms with Gasteiger partial charge in [-0.25, -0.2) is 4.79 Å². The summed E-state index contributed by atoms with van der Waals surface area (Å²) in [5, 5.41) is 12.6. The number of carbonyl (C=O) groups excluding carboxylic acids is 1. The SMILES string of the molecule is CSCC(C)(O)CNCC1CC(F)(F)C(=O)O1. The summed E-state index contributed by atoms with van der Waals surface area (Å²) in [5.41, 5.74) is -0.898. The van der Waals surface area contributed by atoms with Crippen molar-refractivity contribution in [3.05, 3.63) is 0 Å². The van der Waals surface area contributed by atoms with Gasteiger partial charge in [0.25, 0.3) is 0 Å². The predicted octanol–water partition coefficient (Wildman–Crippen LogP) is 0.641. The molecular weight excluding hydrogens is 252 g/mol. The smallest absolute Gasteiger partial charge is 0.377 e. The minimum Gasteiger partial charge on any atom is -0.456 e. The van der Waals surface area contributed by atoms with Crippen LogP contribution in [0.4, 0.5) is 8.78 Å². The molecule has 2 N–H and O–H groups in total. The summed E-state index contributed by atoms with van der Waals surface area (Å²) in [6, 6.07) is 0. The molecule has 100 valence electrons. The zero-order chi connectivity index (χ0) is 13.1. The number of rotatable bonds is 6. The molecule has 4 nitrogen and oxygen atoms in total. The van der Waals surface area contributed by atoms with Gasteiger partial charge in [0.15, 0.2) is 0 Å². The number of thioether (sulfide) groups is 1. The Labute approximate surface area is 103 Å². The highest BCUT2D eigenvalue weighted by Gasteiger charge is 2.50. The average Bonchev–Trinajstić information content (AvgIpc) is 2.39. The maximum atomic E-state index is 12.8. The molecule has 17 heavy (non-hydrogen) atoms. The molecule has 1 saturated heterocycles. The molecule has 1 heterocycles. The Balaban J connectivity index is 2.27. The van der Waals surface area contributed by atoms with Crippen molar-refractivity contribution < 1.29 is 23.4 Å². The van der Waals surface area contributed by atoms with Gasteiger partial charge in [-0.05, 0) is 13.2 Å². The van der Waals surface area contributed by atoms with Crippen molar-refractivity contribution in [3.8, 4) is 0 Å². The standard InChI is InChI=1S/C10H17F2NO3S/c1-9(15,6-17-2)5-13-4-7-3-10(11,12)8(14)16-7/h7,13,15H,3-6H2,1-2H3. The second-order valence-electron chi connectivity index (χ2n) is 4.50. The average molecular weight is 269 g/mol. The van der Waals surface area contributed by atoms with Gasteiger partial charge in [0.2, 0.25) is 0 Å². The summed E-state index contributed by atoms with van der Waals surface area (Å²) in [7, 11) is 0. The van der Waals surface area contributed by atoms with Crippen LogP contribution in [0.2, 0.25) is 0 Å². The van der Waals surface area contributed by atoms with Crippen LogP contribution in [0.5, 0.6) is 0 Å². The molecule has 0 radical (unpaired) electrons. The van der Waals surface area contributed by atoms with E-state index in [1.54, 1.807) is 6.92 Å². The lowest BCUT2D eigenvalue weighted by Gasteiger charge is -2.23. The fourth-order valence-electron chi connectivity index (χ4n) is 1.63. The molecule has 0 amide bonds. The molecule has 1 aliphatic heterocycles. The van der Waals surface area contributed by atoms with Crippen LogP contribution in [-0.4, -0.2) is 53.8 Å². The number of halogens is 2. The van der Waals surface area contributed by atoms with Crippen molar-refractivity contribution in [2.24, 2.45) is 0 Å². The normalized spacial score (nSPS) is 26.6. The van der Waals surface area contributed by atoms with Gasteiger partial charge in [-0.1, -0.05) is 0 Å². The molecular formula is C10H17F2NO3S. The summed E-state index contributed by atoms with van der Waals surface area (Å²) in [5.74, 6) is -4.28. The van der Waals surface area contributed by atoms with Crippen LogP contribution in [0, 0.1) is 0 Å². The van der Waals surface area contributed by atoms with Gasteiger partial charge in [-0.15, -0.1) is 0 Å². The van der Waals surface area contributed by atoms with Crippen LogP contribution in [-0.2, 0) is 9.53 Å². The van der Waals surface area contributed by atoms with Crippen molar-refractivity contribution in [1.29, 1.82) is 0 Å². The zero-order valence-corrected chi connectivity index (χ0v) is 10.7. The molecule has 0 bridgehead atoms. The van der Waals surface area contributed by atoms with E-state index in [9.17, 15) is 18.7 Å². The number of hydrogen-bond acceptors (Lipinski definition) is 5. The summed E-state index contributed by atoms with van der Waals surface area (Å²) < 4.78 is 30.1. The fourth-order valence-corrected chi connectivity index (χ4v) is 2.35. The first-order valence-electron chi connectivity index (χ1n) is 5.28. The number of cyclic esters (lactones) is 1. The van der Waals surface area contributed by atoms with Crippen molar-refractivity contribution in [2.45, 2.75) is 31.0 Å². The van der Waals surface area contributed by atoms with E-state index in [2.05, 4.69) is 10.1 Å². The van der Waals surface area contributed by atoms with Gasteiger partial charge in [0.1, 0.15) is 6.10 Å². The maximum absolute atomic E-state index is 12.8. The topological polar surface area (TPSA) is 58.6 Å². The van der Waals surface area contributed by atoms with Gasteiger partial charge < -0.3 is 15.2 Å². The monoisotopic (exact) mass is 269 g/mol. The van der Waals surface area contributed by atoms with Gasteiger partial charge in [0.05, 0.1) is 12.0 Å². The summed E-state index contributed by atoms with van der Waals surface area (Å²) in [6.07, 6.45) is 0.458. The zero-order valence-electron chi connectivity index (χ0n) is 9.83. The van der Waals surface area contributed by atoms with Crippen LogP contribution in [0.3, 0.4) is 0 Å². The molecule has 0 saturated carbocycles. The quantitative estimate of drug-likeness (QED) is 0.693. The van der Waals surface area contributed by atoms with E-state index < -0.39 is 30.0 Å². The largest absolute Gasteiger partial charge is 0.456 e. The van der Waals surface area contributed by atoms with Gasteiger partial charge in [-0.3, -0.25) is 0 Å². The molecule has 1 aliphatic rings. The second kappa shape index (κ2) is 5.49. The first kappa shape index (κ1) is 14.7. The van der Waals surface area contributed by atoms with Crippen molar-refractivity contribution in [2.75, 3.05) is 25.1 Å². The predicted molar refractivity (Wildman–Crippen MR) is 61.3 cm³/mol. The number of esters is 1. The van der Waals surface area contributed by atoms with Gasteiger partial charge in [0, 0.05) is 18.8 Å². The van der Waals surface area contributed by atoms with Crippen LogP contribution in [0.25, 0.3) is 0 Å². The van der Waals surface area contributed by atoms with E-state index in [0.29, 0.717) is 5.75 Å². The molecule has 0 aromatic carbocycles. The van der Waals surface area contributed by atoms with Gasteiger partial charge >= 0.3 is 11.9 Å². The lowest BCUT2D eigenvalue weighted by Crippen LogP contribution is -2.42. The van der Waals surface area contributed by atoms with E-state index in [4.69, 9.17) is 0 Å². The molecule has 2 atom stereocenters. The minimum absolute atomic E-state index is 0.131. The van der Waals surface area contributed by atoms with Crippen LogP contribution in [0.1, 0.15) is 13.3 Å². The van der Waals surface area contributed by atoms with E-state index in [1.807, 2.05) is 6.26 Å². The minimum atomic E-state index is -3.37. The van der Waals surface area contributed by atoms with E-state index in [-0.39, 0.29) is 13.1 Å². The number of carbonyl (C=O) groups is 1. The van der Waals surface area contributed by atoms with Crippen LogP contribution < -0.4 is 5.32 Å². The Kier molecular flexibility index (Phi) is 4.74. The molecule has 7 heteroatoms. The summed E-state index contributed by atoms with van der Waals surface area (Å²) in [4.78, 5) is 10.7. The van der Waals surface area contributed by atoms with E-state index in [1.165, 1.54) is 11.8 Å². The third-order valence-electron chi connectivity index (χ3n) is 2.39. The highest BCUT2D eigenvalue weighted by molar-refractivity contribution is 7.98. The fraction of sp³-hybridized carbons (Fsp3) is 0.900. The highest BCUT2D eigenvalue weighted by atomic mass is 32.2. The number of aliphatic hydroxyl groups is 1. The van der Waals surface area contributed by atoms with E-state index >= 15 is 0 Å². The van der Waals surface area contributed by atoms with Gasteiger partial charge in [-0.2, -0.15) is 20.5 Å².